The summed E-state index contributed by atoms with van der Waals surface area (Å²) in [5.41, 5.74) is 5.47. The van der Waals surface area contributed by atoms with Gasteiger partial charge in [-0.1, -0.05) is 6.07 Å². The Kier molecular flexibility index (Phi) is 4.59. The highest BCUT2D eigenvalue weighted by Gasteiger charge is 2.39. The zero-order valence-corrected chi connectivity index (χ0v) is 17.4. The van der Waals surface area contributed by atoms with E-state index in [9.17, 15) is 14.4 Å². The van der Waals surface area contributed by atoms with Gasteiger partial charge in [0.15, 0.2) is 0 Å². The molecule has 2 aliphatic heterocycles. The van der Waals surface area contributed by atoms with E-state index >= 15 is 0 Å². The summed E-state index contributed by atoms with van der Waals surface area (Å²) in [5.74, 6) is -0.842. The van der Waals surface area contributed by atoms with E-state index in [2.05, 4.69) is 26.3 Å². The topological polar surface area (TPSA) is 98.4 Å². The number of hydrogen-bond donors (Lipinski definition) is 2. The molecule has 158 valence electrons. The molecule has 2 N–H and O–H groups in total. The van der Waals surface area contributed by atoms with Crippen molar-refractivity contribution in [3.05, 3.63) is 53.3 Å². The van der Waals surface area contributed by atoms with E-state index in [1.807, 2.05) is 44.7 Å². The van der Waals surface area contributed by atoms with Gasteiger partial charge in [0.1, 0.15) is 11.7 Å². The van der Waals surface area contributed by atoms with Gasteiger partial charge in [-0.3, -0.25) is 19.7 Å². The summed E-state index contributed by atoms with van der Waals surface area (Å²) in [7, 11) is 4.06. The third-order valence-corrected chi connectivity index (χ3v) is 5.96. The van der Waals surface area contributed by atoms with Crippen LogP contribution in [0.5, 0.6) is 0 Å². The number of amides is 3. The fourth-order valence-corrected chi connectivity index (χ4v) is 4.44. The Morgan fingerprint density at radius 1 is 1.16 bits per heavy atom. The van der Waals surface area contributed by atoms with Crippen LogP contribution in [-0.2, 0) is 22.7 Å². The summed E-state index contributed by atoms with van der Waals surface area (Å²) in [6.07, 6.45) is 4.43. The summed E-state index contributed by atoms with van der Waals surface area (Å²) in [5, 5.41) is 3.41. The summed E-state index contributed by atoms with van der Waals surface area (Å²) >= 11 is 0. The summed E-state index contributed by atoms with van der Waals surface area (Å²) in [6.45, 7) is 1.17. The van der Waals surface area contributed by atoms with Crippen molar-refractivity contribution in [3.63, 3.8) is 0 Å². The second-order valence-corrected chi connectivity index (χ2v) is 8.44. The SMILES string of the molecule is CN(C)Cc1c[nH]c2ncc(-c3ccc4c(c3)CN(C3CCC(=O)NC3=O)C4=O)cc12. The molecule has 2 aromatic heterocycles. The molecule has 31 heavy (non-hydrogen) atoms. The smallest absolute Gasteiger partial charge is 0.255 e. The Hall–Kier alpha value is -3.52. The number of benzene rings is 1. The lowest BCUT2D eigenvalue weighted by atomic mass is 10.0. The molecule has 1 saturated heterocycles. The molecule has 1 aromatic carbocycles. The molecule has 1 unspecified atom stereocenters. The minimum atomic E-state index is -0.604. The first-order chi connectivity index (χ1) is 14.9. The van der Waals surface area contributed by atoms with Crippen LogP contribution in [0.1, 0.15) is 34.3 Å². The van der Waals surface area contributed by atoms with Crippen molar-refractivity contribution in [2.75, 3.05) is 14.1 Å². The highest BCUT2D eigenvalue weighted by atomic mass is 16.2. The molecular weight excluding hydrogens is 394 g/mol. The molecule has 3 aromatic rings. The number of imide groups is 1. The Morgan fingerprint density at radius 3 is 2.77 bits per heavy atom. The molecule has 1 fully saturated rings. The Balaban J connectivity index is 1.45. The first kappa shape index (κ1) is 19.4. The molecule has 2 aliphatic rings. The molecule has 0 aliphatic carbocycles. The van der Waals surface area contributed by atoms with Gasteiger partial charge < -0.3 is 14.8 Å². The van der Waals surface area contributed by atoms with E-state index in [1.165, 1.54) is 5.56 Å². The third-order valence-electron chi connectivity index (χ3n) is 5.96. The molecule has 8 heteroatoms. The van der Waals surface area contributed by atoms with E-state index in [1.54, 1.807) is 4.90 Å². The molecule has 5 rings (SSSR count). The molecular formula is C23H23N5O3. The predicted octanol–water partition coefficient (Wildman–Crippen LogP) is 2.05. The van der Waals surface area contributed by atoms with Crippen molar-refractivity contribution in [1.29, 1.82) is 0 Å². The van der Waals surface area contributed by atoms with Crippen LogP contribution >= 0.6 is 0 Å². The lowest BCUT2D eigenvalue weighted by Crippen LogP contribution is -2.52. The van der Waals surface area contributed by atoms with Crippen molar-refractivity contribution < 1.29 is 14.4 Å². The number of fused-ring (bicyclic) bond motifs is 2. The van der Waals surface area contributed by atoms with Crippen LogP contribution < -0.4 is 5.32 Å². The van der Waals surface area contributed by atoms with Crippen LogP contribution in [0.3, 0.4) is 0 Å². The molecule has 8 nitrogen and oxygen atoms in total. The average molecular weight is 417 g/mol. The molecule has 4 heterocycles. The van der Waals surface area contributed by atoms with Crippen molar-refractivity contribution in [1.82, 2.24) is 25.1 Å². The van der Waals surface area contributed by atoms with Gasteiger partial charge in [-0.05, 0) is 55.4 Å². The average Bonchev–Trinajstić information content (AvgIpc) is 3.28. The van der Waals surface area contributed by atoms with Crippen molar-refractivity contribution >= 4 is 28.8 Å². The molecule has 0 bridgehead atoms. The summed E-state index contributed by atoms with van der Waals surface area (Å²) < 4.78 is 0. The number of aromatic nitrogens is 2. The largest absolute Gasteiger partial charge is 0.346 e. The Morgan fingerprint density at radius 2 is 2.00 bits per heavy atom. The van der Waals surface area contributed by atoms with E-state index < -0.39 is 11.9 Å². The molecule has 0 radical (unpaired) electrons. The van der Waals surface area contributed by atoms with Gasteiger partial charge in [0, 0.05) is 48.4 Å². The van der Waals surface area contributed by atoms with Crippen LogP contribution in [0.15, 0.2) is 36.7 Å². The number of carbonyl (C=O) groups is 3. The summed E-state index contributed by atoms with van der Waals surface area (Å²) in [6, 6.07) is 7.26. The first-order valence-electron chi connectivity index (χ1n) is 10.3. The zero-order chi connectivity index (χ0) is 21.7. The van der Waals surface area contributed by atoms with E-state index in [4.69, 9.17) is 0 Å². The van der Waals surface area contributed by atoms with Gasteiger partial charge in [-0.25, -0.2) is 4.98 Å². The number of aromatic amines is 1. The molecule has 3 amide bonds. The third kappa shape index (κ3) is 3.38. The van der Waals surface area contributed by atoms with E-state index in [-0.39, 0.29) is 18.2 Å². The lowest BCUT2D eigenvalue weighted by molar-refractivity contribution is -0.136. The van der Waals surface area contributed by atoms with E-state index in [0.29, 0.717) is 18.5 Å². The zero-order valence-electron chi connectivity index (χ0n) is 17.4. The highest BCUT2D eigenvalue weighted by molar-refractivity contribution is 6.05. The summed E-state index contributed by atoms with van der Waals surface area (Å²) in [4.78, 5) is 48.0. The van der Waals surface area contributed by atoms with Crippen molar-refractivity contribution in [2.45, 2.75) is 32.0 Å². The van der Waals surface area contributed by atoms with Crippen LogP contribution in [-0.4, -0.2) is 57.6 Å². The predicted molar refractivity (Wildman–Crippen MR) is 115 cm³/mol. The fourth-order valence-electron chi connectivity index (χ4n) is 4.44. The maximum Gasteiger partial charge on any atom is 0.255 e. The molecule has 0 saturated carbocycles. The quantitative estimate of drug-likeness (QED) is 0.633. The van der Waals surface area contributed by atoms with Crippen LogP contribution in [0, 0.1) is 0 Å². The standard InChI is InChI=1S/C23H23N5O3/c1-27(2)11-16-10-25-21-18(16)8-14(9-24-21)13-3-4-17-15(7-13)12-28(23(17)31)19-5-6-20(29)26-22(19)30/h3-4,7-10,19H,5-6,11-12H2,1-2H3,(H,24,25)(H,26,29,30). The highest BCUT2D eigenvalue weighted by Crippen LogP contribution is 2.32. The minimum Gasteiger partial charge on any atom is -0.346 e. The number of piperidine rings is 1. The molecule has 1 atom stereocenters. The van der Waals surface area contributed by atoms with Gasteiger partial charge in [0.05, 0.1) is 0 Å². The van der Waals surface area contributed by atoms with Gasteiger partial charge in [0.2, 0.25) is 11.8 Å². The monoisotopic (exact) mass is 417 g/mol. The second-order valence-electron chi connectivity index (χ2n) is 8.44. The van der Waals surface area contributed by atoms with Crippen LogP contribution in [0.25, 0.3) is 22.2 Å². The number of pyridine rings is 1. The van der Waals surface area contributed by atoms with E-state index in [0.717, 1.165) is 34.3 Å². The lowest BCUT2D eigenvalue weighted by Gasteiger charge is -2.29. The number of hydrogen-bond acceptors (Lipinski definition) is 5. The number of rotatable bonds is 4. The Bertz CT molecular complexity index is 1230. The number of nitrogens with one attached hydrogen (secondary N) is 2. The molecule has 0 spiro atoms. The normalized spacial score (nSPS) is 18.7. The van der Waals surface area contributed by atoms with Gasteiger partial charge in [0.25, 0.3) is 5.91 Å². The number of H-pyrrole nitrogens is 1. The van der Waals surface area contributed by atoms with Gasteiger partial charge >= 0.3 is 0 Å². The van der Waals surface area contributed by atoms with Gasteiger partial charge in [-0.15, -0.1) is 0 Å². The minimum absolute atomic E-state index is 0.163. The van der Waals surface area contributed by atoms with Crippen molar-refractivity contribution in [2.24, 2.45) is 0 Å². The first-order valence-corrected chi connectivity index (χ1v) is 10.3. The van der Waals surface area contributed by atoms with Crippen molar-refractivity contribution in [3.8, 4) is 11.1 Å². The van der Waals surface area contributed by atoms with Gasteiger partial charge in [-0.2, -0.15) is 0 Å². The second kappa shape index (κ2) is 7.31. The van der Waals surface area contributed by atoms with Crippen LogP contribution in [0.2, 0.25) is 0 Å². The number of carbonyl (C=O) groups excluding carboxylic acids is 3. The maximum atomic E-state index is 12.9. The fraction of sp³-hybridized carbons (Fsp3) is 0.304. The number of nitrogens with zero attached hydrogens (tertiary/aromatic N) is 3. The van der Waals surface area contributed by atoms with Crippen LogP contribution in [0.4, 0.5) is 0 Å². The maximum absolute atomic E-state index is 12.9. The Labute approximate surface area is 179 Å².